The van der Waals surface area contributed by atoms with Crippen LogP contribution in [0.25, 0.3) is 0 Å². The third kappa shape index (κ3) is 3.31. The van der Waals surface area contributed by atoms with Gasteiger partial charge >= 0.3 is 0 Å². The molecule has 0 aromatic heterocycles. The van der Waals surface area contributed by atoms with Crippen LogP contribution in [0, 0.1) is 0 Å². The molecule has 4 nitrogen and oxygen atoms in total. The summed E-state index contributed by atoms with van der Waals surface area (Å²) in [6, 6.07) is 9.46. The number of benzene rings is 1. The Kier molecular flexibility index (Phi) is 4.39. The van der Waals surface area contributed by atoms with Gasteiger partial charge < -0.3 is 0 Å². The molecule has 84 valence electrons. The summed E-state index contributed by atoms with van der Waals surface area (Å²) >= 11 is 0. The average molecular weight is 217 g/mol. The molecule has 0 atom stereocenters. The molecule has 0 unspecified atom stereocenters. The number of nitrogens with one attached hydrogen (secondary N) is 1. The van der Waals surface area contributed by atoms with Crippen molar-refractivity contribution >= 4 is 22.9 Å². The summed E-state index contributed by atoms with van der Waals surface area (Å²) in [5.41, 5.74) is 4.64. The van der Waals surface area contributed by atoms with Crippen molar-refractivity contribution in [2.45, 2.75) is 13.8 Å². The van der Waals surface area contributed by atoms with Crippen molar-refractivity contribution in [3.8, 4) is 0 Å². The average Bonchev–Trinajstić information content (AvgIpc) is 2.30. The van der Waals surface area contributed by atoms with Gasteiger partial charge in [0.05, 0.1) is 11.4 Å². The Morgan fingerprint density at radius 2 is 1.81 bits per heavy atom. The molecule has 0 radical (unpaired) electrons. The quantitative estimate of drug-likeness (QED) is 0.620. The summed E-state index contributed by atoms with van der Waals surface area (Å²) in [5.74, 6) is -0.105. The highest BCUT2D eigenvalue weighted by Crippen LogP contribution is 2.04. The topological polar surface area (TPSA) is 53.8 Å². The number of anilines is 1. The van der Waals surface area contributed by atoms with Crippen molar-refractivity contribution in [2.24, 2.45) is 10.1 Å². The third-order valence-electron chi connectivity index (χ3n) is 2.08. The number of ketones is 1. The second-order valence-electron chi connectivity index (χ2n) is 3.30. The fraction of sp³-hybridized carbons (Fsp3) is 0.250. The van der Waals surface area contributed by atoms with Crippen LogP contribution < -0.4 is 5.43 Å². The summed E-state index contributed by atoms with van der Waals surface area (Å²) in [7, 11) is 1.64. The lowest BCUT2D eigenvalue weighted by molar-refractivity contribution is -0.110. The molecule has 0 aliphatic carbocycles. The lowest BCUT2D eigenvalue weighted by Crippen LogP contribution is -2.20. The van der Waals surface area contributed by atoms with Gasteiger partial charge in [0, 0.05) is 14.0 Å². The maximum absolute atomic E-state index is 11.3. The van der Waals surface area contributed by atoms with Gasteiger partial charge in [0.15, 0.2) is 5.78 Å². The van der Waals surface area contributed by atoms with Gasteiger partial charge in [-0.15, -0.1) is 0 Å². The van der Waals surface area contributed by atoms with Crippen molar-refractivity contribution in [3.05, 3.63) is 30.3 Å². The number of hydrazone groups is 1. The lowest BCUT2D eigenvalue weighted by Gasteiger charge is -2.03. The van der Waals surface area contributed by atoms with E-state index in [0.29, 0.717) is 11.4 Å². The second-order valence-corrected chi connectivity index (χ2v) is 3.30. The number of carbonyl (C=O) groups is 1. The van der Waals surface area contributed by atoms with E-state index in [4.69, 9.17) is 0 Å². The summed E-state index contributed by atoms with van der Waals surface area (Å²) in [6.07, 6.45) is 0. The molecular weight excluding hydrogens is 202 g/mol. The number of hydrogen-bond acceptors (Lipinski definition) is 4. The van der Waals surface area contributed by atoms with Gasteiger partial charge in [-0.1, -0.05) is 18.2 Å². The first-order valence-electron chi connectivity index (χ1n) is 4.98. The van der Waals surface area contributed by atoms with E-state index in [0.717, 1.165) is 5.69 Å². The number of carbonyl (C=O) groups excluding carboxylic acids is 1. The first-order valence-corrected chi connectivity index (χ1v) is 4.98. The predicted molar refractivity (Wildman–Crippen MR) is 67.2 cm³/mol. The molecule has 0 spiro atoms. The van der Waals surface area contributed by atoms with Crippen LogP contribution in [0.3, 0.4) is 0 Å². The van der Waals surface area contributed by atoms with E-state index in [2.05, 4.69) is 15.5 Å². The van der Waals surface area contributed by atoms with Gasteiger partial charge in [0.1, 0.15) is 5.71 Å². The Morgan fingerprint density at radius 3 is 2.31 bits per heavy atom. The van der Waals surface area contributed by atoms with Crippen LogP contribution in [-0.2, 0) is 4.79 Å². The number of hydrogen-bond donors (Lipinski definition) is 1. The van der Waals surface area contributed by atoms with E-state index >= 15 is 0 Å². The van der Waals surface area contributed by atoms with Crippen molar-refractivity contribution < 1.29 is 4.79 Å². The fourth-order valence-corrected chi connectivity index (χ4v) is 1.15. The Balaban J connectivity index is 2.85. The maximum atomic E-state index is 11.3. The number of aliphatic imine (C=N–C) groups is 1. The fourth-order valence-electron chi connectivity index (χ4n) is 1.15. The molecule has 0 bridgehead atoms. The Bertz CT molecular complexity index is 421. The van der Waals surface area contributed by atoms with Crippen LogP contribution in [0.2, 0.25) is 0 Å². The van der Waals surface area contributed by atoms with Crippen LogP contribution in [0.5, 0.6) is 0 Å². The highest BCUT2D eigenvalue weighted by Gasteiger charge is 2.08. The van der Waals surface area contributed by atoms with Gasteiger partial charge in [-0.05, 0) is 19.1 Å². The lowest BCUT2D eigenvalue weighted by atomic mass is 10.2. The van der Waals surface area contributed by atoms with Gasteiger partial charge in [0.25, 0.3) is 0 Å². The Labute approximate surface area is 95.1 Å². The minimum atomic E-state index is -0.105. The van der Waals surface area contributed by atoms with Crippen LogP contribution in [0.4, 0.5) is 5.69 Å². The molecule has 1 aromatic rings. The number of nitrogens with zero attached hydrogens (tertiary/aromatic N) is 2. The molecule has 1 N–H and O–H groups in total. The first-order chi connectivity index (χ1) is 7.65. The molecule has 0 fully saturated rings. The largest absolute Gasteiger partial charge is 0.293 e. The van der Waals surface area contributed by atoms with E-state index in [1.807, 2.05) is 30.3 Å². The van der Waals surface area contributed by atoms with Gasteiger partial charge in [-0.25, -0.2) is 0 Å². The van der Waals surface area contributed by atoms with Crippen LogP contribution in [0.1, 0.15) is 13.8 Å². The zero-order chi connectivity index (χ0) is 12.0. The van der Waals surface area contributed by atoms with E-state index in [9.17, 15) is 4.79 Å². The van der Waals surface area contributed by atoms with E-state index in [-0.39, 0.29) is 5.78 Å². The molecule has 0 saturated carbocycles. The standard InChI is InChI=1S/C12H15N3O/c1-9(13-3)12(10(2)16)15-14-11-7-5-4-6-8-11/h4-8,14H,1-3H3/b13-9?,15-12-. The molecule has 1 aromatic carbocycles. The smallest absolute Gasteiger partial charge is 0.181 e. The molecular formula is C12H15N3O. The predicted octanol–water partition coefficient (Wildman–Crippen LogP) is 2.13. The first kappa shape index (κ1) is 12.1. The van der Waals surface area contributed by atoms with Crippen molar-refractivity contribution in [1.82, 2.24) is 0 Å². The van der Waals surface area contributed by atoms with Gasteiger partial charge in [-0.3, -0.25) is 15.2 Å². The number of rotatable bonds is 4. The molecule has 0 saturated heterocycles. The van der Waals surface area contributed by atoms with E-state index in [1.54, 1.807) is 14.0 Å². The third-order valence-corrected chi connectivity index (χ3v) is 2.08. The summed E-state index contributed by atoms with van der Waals surface area (Å²) in [6.45, 7) is 3.23. The normalized spacial score (nSPS) is 12.4. The van der Waals surface area contributed by atoms with Crippen LogP contribution in [0.15, 0.2) is 40.4 Å². The molecule has 16 heavy (non-hydrogen) atoms. The van der Waals surface area contributed by atoms with Gasteiger partial charge in [0.2, 0.25) is 0 Å². The summed E-state index contributed by atoms with van der Waals surface area (Å²) < 4.78 is 0. The highest BCUT2D eigenvalue weighted by molar-refractivity contribution is 6.66. The molecule has 0 heterocycles. The zero-order valence-electron chi connectivity index (χ0n) is 9.69. The van der Waals surface area contributed by atoms with Crippen LogP contribution in [-0.4, -0.2) is 24.3 Å². The number of para-hydroxylation sites is 1. The number of Topliss-reactive ketones (excluding diaryl/α,β-unsaturated/α-hetero) is 1. The highest BCUT2D eigenvalue weighted by atomic mass is 16.1. The summed E-state index contributed by atoms with van der Waals surface area (Å²) in [4.78, 5) is 15.3. The van der Waals surface area contributed by atoms with Crippen molar-refractivity contribution in [2.75, 3.05) is 12.5 Å². The maximum Gasteiger partial charge on any atom is 0.181 e. The van der Waals surface area contributed by atoms with Gasteiger partial charge in [-0.2, -0.15) is 5.10 Å². The molecule has 1 rings (SSSR count). The molecule has 0 amide bonds. The molecule has 4 heteroatoms. The van der Waals surface area contributed by atoms with Crippen LogP contribution >= 0.6 is 0 Å². The van der Waals surface area contributed by atoms with E-state index < -0.39 is 0 Å². The zero-order valence-corrected chi connectivity index (χ0v) is 9.69. The second kappa shape index (κ2) is 5.80. The Hall–Kier alpha value is -1.97. The van der Waals surface area contributed by atoms with E-state index in [1.165, 1.54) is 6.92 Å². The monoisotopic (exact) mass is 217 g/mol. The Morgan fingerprint density at radius 1 is 1.19 bits per heavy atom. The van der Waals surface area contributed by atoms with Crippen molar-refractivity contribution in [1.29, 1.82) is 0 Å². The molecule has 0 aliphatic rings. The minimum Gasteiger partial charge on any atom is -0.293 e. The van der Waals surface area contributed by atoms with Crippen molar-refractivity contribution in [3.63, 3.8) is 0 Å². The summed E-state index contributed by atoms with van der Waals surface area (Å²) in [5, 5.41) is 4.05. The SMILES string of the molecule is CN=C(C)/C(=N/Nc1ccccc1)C(C)=O. The minimum absolute atomic E-state index is 0.105. The molecule has 0 aliphatic heterocycles.